The van der Waals surface area contributed by atoms with E-state index in [4.69, 9.17) is 4.74 Å². The van der Waals surface area contributed by atoms with Crippen LogP contribution in [0.25, 0.3) is 0 Å². The van der Waals surface area contributed by atoms with E-state index in [0.29, 0.717) is 5.56 Å². The second kappa shape index (κ2) is 8.19. The maximum Gasteiger partial charge on any atom is 0.343 e. The van der Waals surface area contributed by atoms with Crippen molar-refractivity contribution in [3.8, 4) is 0 Å². The highest BCUT2D eigenvalue weighted by molar-refractivity contribution is 5.81. The number of halogens is 1. The number of esters is 1. The van der Waals surface area contributed by atoms with Crippen molar-refractivity contribution < 1.29 is 36.1 Å². The largest absolute Gasteiger partial charge is 1.00 e. The van der Waals surface area contributed by atoms with Crippen LogP contribution in [-0.4, -0.2) is 48.8 Å². The Labute approximate surface area is 161 Å². The third-order valence-electron chi connectivity index (χ3n) is 5.75. The van der Waals surface area contributed by atoms with Crippen molar-refractivity contribution >= 4 is 5.97 Å². The molecule has 2 aliphatic rings. The zero-order valence-electron chi connectivity index (χ0n) is 15.3. The van der Waals surface area contributed by atoms with Gasteiger partial charge in [-0.1, -0.05) is 49.6 Å². The van der Waals surface area contributed by atoms with Crippen molar-refractivity contribution in [3.05, 3.63) is 35.9 Å². The number of carbonyl (C=O) groups is 1. The quantitative estimate of drug-likeness (QED) is 0.553. The Hall–Kier alpha value is -0.910. The summed E-state index contributed by atoms with van der Waals surface area (Å²) in [6.07, 6.45) is 5.87. The lowest BCUT2D eigenvalue weighted by Gasteiger charge is -2.37. The Balaban J connectivity index is 0.00000225. The lowest BCUT2D eigenvalue weighted by Crippen LogP contribution is -3.00. The summed E-state index contributed by atoms with van der Waals surface area (Å²) in [6, 6.07) is 9.38. The van der Waals surface area contributed by atoms with Gasteiger partial charge in [0.15, 0.2) is 11.7 Å². The highest BCUT2D eigenvalue weighted by Gasteiger charge is 2.48. The second-order valence-corrected chi connectivity index (χ2v) is 8.13. The molecule has 1 aliphatic carbocycles. The molecule has 0 radical (unpaired) electrons. The van der Waals surface area contributed by atoms with Gasteiger partial charge in [0.05, 0.1) is 20.6 Å². The predicted molar refractivity (Wildman–Crippen MR) is 93.3 cm³/mol. The Morgan fingerprint density at radius 2 is 1.76 bits per heavy atom. The minimum Gasteiger partial charge on any atom is -1.00 e. The average Bonchev–Trinajstić information content (AvgIpc) is 2.94. The lowest BCUT2D eigenvalue weighted by molar-refractivity contribution is -0.879. The van der Waals surface area contributed by atoms with Gasteiger partial charge in [0, 0.05) is 12.3 Å². The Kier molecular flexibility index (Phi) is 6.68. The van der Waals surface area contributed by atoms with Gasteiger partial charge in [-0.25, -0.2) is 4.79 Å². The molecular weight excluding hydrogens is 382 g/mol. The summed E-state index contributed by atoms with van der Waals surface area (Å²) in [5, 5.41) is 11.5. The van der Waals surface area contributed by atoms with Crippen LogP contribution in [0.3, 0.4) is 0 Å². The summed E-state index contributed by atoms with van der Waals surface area (Å²) in [7, 11) is 4.30. The molecule has 5 heteroatoms. The van der Waals surface area contributed by atoms with Crippen LogP contribution in [-0.2, 0) is 15.1 Å². The van der Waals surface area contributed by atoms with Crippen LogP contribution in [0.5, 0.6) is 0 Å². The van der Waals surface area contributed by atoms with Gasteiger partial charge in [0.25, 0.3) is 0 Å². The number of rotatable bonds is 4. The van der Waals surface area contributed by atoms with E-state index in [1.807, 2.05) is 30.3 Å². The number of quaternary nitrogens is 1. The van der Waals surface area contributed by atoms with Gasteiger partial charge in [-0.3, -0.25) is 0 Å². The monoisotopic (exact) mass is 411 g/mol. The number of hydrogen-bond acceptors (Lipinski definition) is 3. The summed E-state index contributed by atoms with van der Waals surface area (Å²) in [5.74, 6) is -0.502. The lowest BCUT2D eigenvalue weighted by atomic mass is 9.73. The number of hydrogen-bond donors (Lipinski definition) is 1. The van der Waals surface area contributed by atoms with Gasteiger partial charge in [0.1, 0.15) is 6.54 Å². The van der Waals surface area contributed by atoms with Crippen LogP contribution in [0.2, 0.25) is 0 Å². The molecule has 1 N–H and O–H groups in total. The molecule has 4 nitrogen and oxygen atoms in total. The van der Waals surface area contributed by atoms with Crippen molar-refractivity contribution in [2.75, 3.05) is 27.2 Å². The zero-order valence-corrected chi connectivity index (χ0v) is 16.9. The predicted octanol–water partition coefficient (Wildman–Crippen LogP) is -0.150. The maximum absolute atomic E-state index is 13.1. The molecule has 0 spiro atoms. The molecule has 1 unspecified atom stereocenters. The van der Waals surface area contributed by atoms with Gasteiger partial charge in [-0.15, -0.1) is 0 Å². The van der Waals surface area contributed by atoms with E-state index in [2.05, 4.69) is 14.1 Å². The maximum atomic E-state index is 13.1. The molecule has 25 heavy (non-hydrogen) atoms. The Bertz CT molecular complexity index is 572. The van der Waals surface area contributed by atoms with E-state index in [1.165, 1.54) is 6.42 Å². The van der Waals surface area contributed by atoms with Crippen molar-refractivity contribution in [3.63, 3.8) is 0 Å². The number of nitrogens with zero attached hydrogens (tertiary/aromatic N) is 1. The average molecular weight is 412 g/mol. The van der Waals surface area contributed by atoms with Crippen molar-refractivity contribution in [1.29, 1.82) is 0 Å². The Morgan fingerprint density at radius 3 is 2.32 bits per heavy atom. The first kappa shape index (κ1) is 20.4. The van der Waals surface area contributed by atoms with Gasteiger partial charge in [-0.2, -0.15) is 0 Å². The van der Waals surface area contributed by atoms with E-state index in [-0.39, 0.29) is 29.0 Å². The molecule has 2 atom stereocenters. The molecule has 1 saturated heterocycles. The first-order chi connectivity index (χ1) is 11.4. The molecular formula is C20H30BrNO3. The molecule has 1 heterocycles. The first-order valence-corrected chi connectivity index (χ1v) is 9.23. The number of benzene rings is 1. The summed E-state index contributed by atoms with van der Waals surface area (Å²) in [4.78, 5) is 13.1. The fourth-order valence-electron chi connectivity index (χ4n) is 4.30. The van der Waals surface area contributed by atoms with Crippen LogP contribution < -0.4 is 17.0 Å². The normalized spacial score (nSPS) is 25.6. The van der Waals surface area contributed by atoms with Crippen LogP contribution in [0.4, 0.5) is 0 Å². The molecule has 1 aliphatic heterocycles. The van der Waals surface area contributed by atoms with E-state index in [0.717, 1.165) is 49.7 Å². The minimum absolute atomic E-state index is 0. The van der Waals surface area contributed by atoms with Gasteiger partial charge in [0.2, 0.25) is 0 Å². The second-order valence-electron chi connectivity index (χ2n) is 8.13. The van der Waals surface area contributed by atoms with Crippen molar-refractivity contribution in [2.24, 2.45) is 5.92 Å². The number of carbonyl (C=O) groups excluding carboxylic acids is 1. The van der Waals surface area contributed by atoms with Gasteiger partial charge < -0.3 is 31.3 Å². The fraction of sp³-hybridized carbons (Fsp3) is 0.650. The topological polar surface area (TPSA) is 46.5 Å². The molecule has 1 saturated carbocycles. The fourth-order valence-corrected chi connectivity index (χ4v) is 4.30. The minimum atomic E-state index is -1.51. The summed E-state index contributed by atoms with van der Waals surface area (Å²) >= 11 is 0. The zero-order chi connectivity index (χ0) is 17.2. The van der Waals surface area contributed by atoms with E-state index in [9.17, 15) is 9.90 Å². The van der Waals surface area contributed by atoms with E-state index < -0.39 is 11.6 Å². The number of likely N-dealkylation sites (tertiary alicyclic amines) is 1. The molecule has 0 amide bonds. The smallest absolute Gasteiger partial charge is 0.343 e. The van der Waals surface area contributed by atoms with Crippen LogP contribution in [0, 0.1) is 5.92 Å². The molecule has 3 rings (SSSR count). The number of ether oxygens (including phenoxy) is 1. The number of aliphatic hydroxyl groups is 1. The highest BCUT2D eigenvalue weighted by Crippen LogP contribution is 2.40. The van der Waals surface area contributed by atoms with Gasteiger partial charge in [-0.05, 0) is 18.4 Å². The molecule has 1 aromatic carbocycles. The molecule has 0 aromatic heterocycles. The van der Waals surface area contributed by atoms with Crippen LogP contribution in [0.1, 0.15) is 44.1 Å². The molecule has 2 fully saturated rings. The molecule has 0 bridgehead atoms. The van der Waals surface area contributed by atoms with E-state index >= 15 is 0 Å². The third-order valence-corrected chi connectivity index (χ3v) is 5.75. The van der Waals surface area contributed by atoms with Crippen LogP contribution in [0.15, 0.2) is 30.3 Å². The van der Waals surface area contributed by atoms with E-state index in [1.54, 1.807) is 0 Å². The highest BCUT2D eigenvalue weighted by atomic mass is 79.9. The summed E-state index contributed by atoms with van der Waals surface area (Å²) in [6.45, 7) is 1.83. The standard InChI is InChI=1S/C20H30NO3.BrH/c1-21(2)14-13-18(15-21)24-19(22)20(23,16-9-5-3-6-10-16)17-11-7-4-8-12-17;/h3,5-6,9-10,17-18,23H,4,7-8,11-15H2,1-2H3;1H/q+1;/p-1/t18-,20?;/m1./s1. The summed E-state index contributed by atoms with van der Waals surface area (Å²) in [5.41, 5.74) is -0.838. The molecule has 140 valence electrons. The number of likely N-dealkylation sites (N-methyl/N-ethyl adjacent to an activating group) is 1. The van der Waals surface area contributed by atoms with Gasteiger partial charge >= 0.3 is 5.97 Å². The third kappa shape index (κ3) is 4.44. The van der Waals surface area contributed by atoms with Crippen molar-refractivity contribution in [2.45, 2.75) is 50.2 Å². The SMILES string of the molecule is C[N+]1(C)CC[C@@H](OC(=O)C(O)(c2ccccc2)C2CCCCC2)C1.[Br-]. The van der Waals surface area contributed by atoms with Crippen molar-refractivity contribution in [1.82, 2.24) is 0 Å². The summed E-state index contributed by atoms with van der Waals surface area (Å²) < 4.78 is 6.68. The molecule has 1 aromatic rings. The first-order valence-electron chi connectivity index (χ1n) is 9.23. The Morgan fingerprint density at radius 1 is 1.12 bits per heavy atom. The van der Waals surface area contributed by atoms with Crippen LogP contribution >= 0.6 is 0 Å².